The Hall–Kier alpha value is -1.75. The summed E-state index contributed by atoms with van der Waals surface area (Å²) in [4.78, 5) is 0. The summed E-state index contributed by atoms with van der Waals surface area (Å²) in [6, 6.07) is 7.85. The molecule has 72 valence electrons. The Morgan fingerprint density at radius 1 is 1.43 bits per heavy atom. The van der Waals surface area contributed by atoms with Crippen molar-refractivity contribution in [2.75, 3.05) is 0 Å². The summed E-state index contributed by atoms with van der Waals surface area (Å²) in [5.41, 5.74) is 7.76. The molecule has 0 radical (unpaired) electrons. The van der Waals surface area contributed by atoms with Crippen LogP contribution in [0.2, 0.25) is 0 Å². The molecule has 0 aliphatic rings. The first-order chi connectivity index (χ1) is 6.77. The number of rotatable bonds is 2. The third-order valence-corrected chi connectivity index (χ3v) is 2.01. The van der Waals surface area contributed by atoms with E-state index in [-0.39, 0.29) is 6.04 Å². The Kier molecular flexibility index (Phi) is 2.24. The van der Waals surface area contributed by atoms with Gasteiger partial charge >= 0.3 is 0 Å². The van der Waals surface area contributed by atoms with Crippen LogP contribution in [0.25, 0.3) is 5.69 Å². The summed E-state index contributed by atoms with van der Waals surface area (Å²) in [7, 11) is 0. The Labute approximate surface area is 81.5 Å². The molecule has 2 N–H and O–H groups in total. The fourth-order valence-electron chi connectivity index (χ4n) is 1.23. The number of hydrogen-bond acceptors (Lipinski definition) is 4. The lowest BCUT2D eigenvalue weighted by Gasteiger charge is -2.06. The second kappa shape index (κ2) is 3.55. The molecule has 0 aliphatic heterocycles. The molecule has 0 amide bonds. The van der Waals surface area contributed by atoms with Crippen LogP contribution in [0.4, 0.5) is 0 Å². The van der Waals surface area contributed by atoms with E-state index in [9.17, 15) is 0 Å². The predicted octanol–water partition coefficient (Wildman–Crippen LogP) is 0.682. The minimum Gasteiger partial charge on any atom is -0.324 e. The highest BCUT2D eigenvalue weighted by Crippen LogP contribution is 2.13. The maximum absolute atomic E-state index is 5.78. The molecule has 0 saturated heterocycles. The van der Waals surface area contributed by atoms with Crippen LogP contribution in [0.1, 0.15) is 18.5 Å². The molecule has 14 heavy (non-hydrogen) atoms. The molecule has 0 unspecified atom stereocenters. The van der Waals surface area contributed by atoms with E-state index in [0.29, 0.717) is 0 Å². The molecular formula is C9H11N5. The number of nitrogens with zero attached hydrogens (tertiary/aromatic N) is 4. The zero-order valence-electron chi connectivity index (χ0n) is 7.83. The molecule has 0 aliphatic carbocycles. The van der Waals surface area contributed by atoms with Crippen LogP contribution < -0.4 is 5.73 Å². The van der Waals surface area contributed by atoms with Crippen LogP contribution in [0.15, 0.2) is 30.6 Å². The van der Waals surface area contributed by atoms with Crippen molar-refractivity contribution in [3.8, 4) is 5.69 Å². The Balaban J connectivity index is 2.41. The monoisotopic (exact) mass is 189 g/mol. The van der Waals surface area contributed by atoms with Gasteiger partial charge in [0, 0.05) is 6.04 Å². The van der Waals surface area contributed by atoms with Gasteiger partial charge in [0.15, 0.2) is 0 Å². The first kappa shape index (κ1) is 8.83. The van der Waals surface area contributed by atoms with Crippen molar-refractivity contribution >= 4 is 0 Å². The maximum Gasteiger partial charge on any atom is 0.143 e. The lowest BCUT2D eigenvalue weighted by molar-refractivity contribution is 0.778. The van der Waals surface area contributed by atoms with E-state index in [1.807, 2.05) is 31.2 Å². The van der Waals surface area contributed by atoms with Gasteiger partial charge in [0.05, 0.1) is 5.69 Å². The molecule has 2 rings (SSSR count). The van der Waals surface area contributed by atoms with Crippen molar-refractivity contribution < 1.29 is 0 Å². The van der Waals surface area contributed by atoms with Crippen LogP contribution in [-0.2, 0) is 0 Å². The standard InChI is InChI=1S/C9H11N5/c1-7(10)8-3-2-4-9(5-8)14-6-11-12-13-14/h2-7H,10H2,1H3/t7-/m1/s1. The average Bonchev–Trinajstić information content (AvgIpc) is 2.71. The number of hydrogen-bond donors (Lipinski definition) is 1. The van der Waals surface area contributed by atoms with E-state index in [0.717, 1.165) is 11.3 Å². The molecule has 2 aromatic rings. The zero-order chi connectivity index (χ0) is 9.97. The van der Waals surface area contributed by atoms with Crippen molar-refractivity contribution in [1.82, 2.24) is 20.2 Å². The molecule has 1 aromatic carbocycles. The smallest absolute Gasteiger partial charge is 0.143 e. The summed E-state index contributed by atoms with van der Waals surface area (Å²) in [6.07, 6.45) is 1.56. The molecule has 0 saturated carbocycles. The molecule has 5 heteroatoms. The lowest BCUT2D eigenvalue weighted by atomic mass is 10.1. The Morgan fingerprint density at radius 3 is 2.93 bits per heavy atom. The Morgan fingerprint density at radius 2 is 2.29 bits per heavy atom. The van der Waals surface area contributed by atoms with E-state index in [4.69, 9.17) is 5.73 Å². The van der Waals surface area contributed by atoms with Gasteiger partial charge in [-0.2, -0.15) is 0 Å². The van der Waals surface area contributed by atoms with Crippen molar-refractivity contribution in [2.24, 2.45) is 5.73 Å². The second-order valence-electron chi connectivity index (χ2n) is 3.14. The van der Waals surface area contributed by atoms with Crippen LogP contribution in [0.3, 0.4) is 0 Å². The van der Waals surface area contributed by atoms with Crippen molar-refractivity contribution in [1.29, 1.82) is 0 Å². The molecule has 0 fully saturated rings. The normalized spacial score (nSPS) is 12.7. The van der Waals surface area contributed by atoms with Gasteiger partial charge in [0.2, 0.25) is 0 Å². The third-order valence-electron chi connectivity index (χ3n) is 2.01. The van der Waals surface area contributed by atoms with Gasteiger partial charge < -0.3 is 5.73 Å². The van der Waals surface area contributed by atoms with Gasteiger partial charge in [-0.15, -0.1) is 5.10 Å². The van der Waals surface area contributed by atoms with Crippen LogP contribution in [0, 0.1) is 0 Å². The van der Waals surface area contributed by atoms with Crippen LogP contribution in [-0.4, -0.2) is 20.2 Å². The second-order valence-corrected chi connectivity index (χ2v) is 3.14. The average molecular weight is 189 g/mol. The number of nitrogens with two attached hydrogens (primary N) is 1. The largest absolute Gasteiger partial charge is 0.324 e. The fourth-order valence-corrected chi connectivity index (χ4v) is 1.23. The molecule has 5 nitrogen and oxygen atoms in total. The van der Waals surface area contributed by atoms with Crippen molar-refractivity contribution in [2.45, 2.75) is 13.0 Å². The molecule has 1 heterocycles. The minimum absolute atomic E-state index is 0.0198. The van der Waals surface area contributed by atoms with Crippen LogP contribution in [0.5, 0.6) is 0 Å². The molecular weight excluding hydrogens is 178 g/mol. The summed E-state index contributed by atoms with van der Waals surface area (Å²) < 4.78 is 1.60. The molecule has 0 spiro atoms. The SMILES string of the molecule is C[C@@H](N)c1cccc(-n2cnnn2)c1. The van der Waals surface area contributed by atoms with E-state index in [2.05, 4.69) is 15.5 Å². The summed E-state index contributed by atoms with van der Waals surface area (Å²) in [5, 5.41) is 11.0. The van der Waals surface area contributed by atoms with E-state index in [1.165, 1.54) is 0 Å². The summed E-state index contributed by atoms with van der Waals surface area (Å²) >= 11 is 0. The van der Waals surface area contributed by atoms with Crippen LogP contribution >= 0.6 is 0 Å². The highest BCUT2D eigenvalue weighted by atomic mass is 15.5. The number of tetrazole rings is 1. The predicted molar refractivity (Wildman–Crippen MR) is 51.8 cm³/mol. The highest BCUT2D eigenvalue weighted by Gasteiger charge is 2.02. The van der Waals surface area contributed by atoms with Gasteiger partial charge in [0.25, 0.3) is 0 Å². The van der Waals surface area contributed by atoms with Gasteiger partial charge in [-0.1, -0.05) is 12.1 Å². The molecule has 0 bridgehead atoms. The number of benzene rings is 1. The number of aromatic nitrogens is 4. The third kappa shape index (κ3) is 1.62. The molecule has 1 aromatic heterocycles. The lowest BCUT2D eigenvalue weighted by Crippen LogP contribution is -2.06. The van der Waals surface area contributed by atoms with Gasteiger partial charge in [-0.25, -0.2) is 4.68 Å². The van der Waals surface area contributed by atoms with Gasteiger partial charge in [-0.05, 0) is 35.0 Å². The summed E-state index contributed by atoms with van der Waals surface area (Å²) in [5.74, 6) is 0. The van der Waals surface area contributed by atoms with E-state index >= 15 is 0 Å². The zero-order valence-corrected chi connectivity index (χ0v) is 7.83. The van der Waals surface area contributed by atoms with Crippen molar-refractivity contribution in [3.63, 3.8) is 0 Å². The topological polar surface area (TPSA) is 69.6 Å². The quantitative estimate of drug-likeness (QED) is 0.754. The Bertz CT molecular complexity index is 407. The summed E-state index contributed by atoms with van der Waals surface area (Å²) in [6.45, 7) is 1.94. The van der Waals surface area contributed by atoms with E-state index in [1.54, 1.807) is 11.0 Å². The van der Waals surface area contributed by atoms with Gasteiger partial charge in [-0.3, -0.25) is 0 Å². The van der Waals surface area contributed by atoms with Gasteiger partial charge in [0.1, 0.15) is 6.33 Å². The van der Waals surface area contributed by atoms with E-state index < -0.39 is 0 Å². The van der Waals surface area contributed by atoms with Crippen molar-refractivity contribution in [3.05, 3.63) is 36.2 Å². The molecule has 1 atom stereocenters. The minimum atomic E-state index is 0.0198. The fraction of sp³-hybridized carbons (Fsp3) is 0.222. The first-order valence-corrected chi connectivity index (χ1v) is 4.36. The highest BCUT2D eigenvalue weighted by molar-refractivity contribution is 5.35. The first-order valence-electron chi connectivity index (χ1n) is 4.36. The maximum atomic E-state index is 5.78.